The van der Waals surface area contributed by atoms with Gasteiger partial charge in [0, 0.05) is 16.3 Å². The second kappa shape index (κ2) is 8.31. The Hall–Kier alpha value is -4.88. The van der Waals surface area contributed by atoms with Gasteiger partial charge in [-0.15, -0.1) is 0 Å². The lowest BCUT2D eigenvalue weighted by Crippen LogP contribution is -1.91. The van der Waals surface area contributed by atoms with Crippen LogP contribution in [0.25, 0.3) is 76.5 Å². The first-order chi connectivity index (χ1) is 19.2. The van der Waals surface area contributed by atoms with Gasteiger partial charge in [-0.2, -0.15) is 0 Å². The van der Waals surface area contributed by atoms with E-state index < -0.39 is 0 Å². The second-order valence-corrected chi connectivity index (χ2v) is 10.6. The predicted octanol–water partition coefficient (Wildman–Crippen LogP) is 11.0. The van der Waals surface area contributed by atoms with E-state index in [9.17, 15) is 0 Å². The number of benzene rings is 7. The van der Waals surface area contributed by atoms with Gasteiger partial charge in [-0.1, -0.05) is 109 Å². The van der Waals surface area contributed by atoms with Gasteiger partial charge in [0.15, 0.2) is 0 Å². The van der Waals surface area contributed by atoms with Crippen LogP contribution in [0.3, 0.4) is 0 Å². The summed E-state index contributed by atoms with van der Waals surface area (Å²) in [7, 11) is 0. The summed E-state index contributed by atoms with van der Waals surface area (Å²) >= 11 is 0. The topological polar surface area (TPSA) is 13.1 Å². The molecule has 1 aromatic heterocycles. The molecule has 0 atom stereocenters. The molecule has 8 rings (SSSR count). The lowest BCUT2D eigenvalue weighted by atomic mass is 9.88. The van der Waals surface area contributed by atoms with Gasteiger partial charge in [0.05, 0.1) is 0 Å². The van der Waals surface area contributed by atoms with E-state index >= 15 is 0 Å². The fraction of sp³-hybridized carbons (Fsp3) is 0.0526. The third-order valence-corrected chi connectivity index (χ3v) is 8.32. The van der Waals surface area contributed by atoms with Crippen molar-refractivity contribution in [3.8, 4) is 22.3 Å². The Morgan fingerprint density at radius 3 is 1.64 bits per heavy atom. The number of para-hydroxylation sites is 2. The van der Waals surface area contributed by atoms with Crippen molar-refractivity contribution in [1.82, 2.24) is 0 Å². The van der Waals surface area contributed by atoms with Crippen molar-refractivity contribution in [1.29, 1.82) is 0 Å². The van der Waals surface area contributed by atoms with Crippen LogP contribution in [0.4, 0.5) is 0 Å². The number of furan rings is 1. The first-order valence-electron chi connectivity index (χ1n) is 13.5. The first kappa shape index (κ1) is 22.1. The molecule has 1 nitrogen and oxygen atoms in total. The first-order valence-corrected chi connectivity index (χ1v) is 13.5. The number of rotatable bonds is 2. The van der Waals surface area contributed by atoms with Gasteiger partial charge in [0.2, 0.25) is 0 Å². The summed E-state index contributed by atoms with van der Waals surface area (Å²) in [6, 6.07) is 43.9. The number of fused-ring (bicyclic) bond motifs is 9. The van der Waals surface area contributed by atoms with Crippen molar-refractivity contribution >= 4 is 54.3 Å². The SMILES string of the molecule is Cc1cc(-c2cccc3c2oc2ccccc23)ccc1-c1cc2c3ccccc3c3ccccc3c2cc1C. The molecule has 0 saturated heterocycles. The van der Waals surface area contributed by atoms with Gasteiger partial charge < -0.3 is 4.42 Å². The Bertz CT molecular complexity index is 2250. The Balaban J connectivity index is 1.33. The number of aryl methyl sites for hydroxylation is 2. The molecule has 0 N–H and O–H groups in total. The van der Waals surface area contributed by atoms with Crippen molar-refractivity contribution in [2.75, 3.05) is 0 Å². The summed E-state index contributed by atoms with van der Waals surface area (Å²) in [6.07, 6.45) is 0. The maximum absolute atomic E-state index is 6.34. The highest BCUT2D eigenvalue weighted by Crippen LogP contribution is 2.41. The summed E-state index contributed by atoms with van der Waals surface area (Å²) in [5.41, 5.74) is 9.29. The van der Waals surface area contributed by atoms with Gasteiger partial charge >= 0.3 is 0 Å². The van der Waals surface area contributed by atoms with Crippen molar-refractivity contribution in [2.24, 2.45) is 0 Å². The van der Waals surface area contributed by atoms with Crippen LogP contribution in [0.5, 0.6) is 0 Å². The molecule has 7 aromatic carbocycles. The van der Waals surface area contributed by atoms with E-state index in [1.54, 1.807) is 0 Å². The van der Waals surface area contributed by atoms with E-state index in [4.69, 9.17) is 4.42 Å². The molecule has 0 saturated carbocycles. The smallest absolute Gasteiger partial charge is 0.143 e. The largest absolute Gasteiger partial charge is 0.455 e. The van der Waals surface area contributed by atoms with Crippen LogP contribution < -0.4 is 0 Å². The molecule has 0 bridgehead atoms. The van der Waals surface area contributed by atoms with Crippen LogP contribution >= 0.6 is 0 Å². The molecule has 0 spiro atoms. The van der Waals surface area contributed by atoms with Crippen LogP contribution in [0, 0.1) is 13.8 Å². The number of hydrogen-bond acceptors (Lipinski definition) is 1. The molecular formula is C38H26O. The molecule has 0 aliphatic carbocycles. The Morgan fingerprint density at radius 1 is 0.385 bits per heavy atom. The minimum Gasteiger partial charge on any atom is -0.455 e. The second-order valence-electron chi connectivity index (χ2n) is 10.6. The molecule has 8 aromatic rings. The summed E-state index contributed by atoms with van der Waals surface area (Å²) < 4.78 is 6.34. The lowest BCUT2D eigenvalue weighted by Gasteiger charge is -2.16. The average molecular weight is 499 g/mol. The van der Waals surface area contributed by atoms with E-state index in [0.717, 1.165) is 27.5 Å². The fourth-order valence-corrected chi connectivity index (χ4v) is 6.46. The Kier molecular flexibility index (Phi) is 4.72. The van der Waals surface area contributed by atoms with Crippen molar-refractivity contribution < 1.29 is 4.42 Å². The highest BCUT2D eigenvalue weighted by Gasteiger charge is 2.15. The maximum Gasteiger partial charge on any atom is 0.143 e. The molecule has 1 heteroatoms. The van der Waals surface area contributed by atoms with E-state index in [1.807, 2.05) is 12.1 Å². The average Bonchev–Trinajstić information content (AvgIpc) is 3.36. The molecule has 0 amide bonds. The molecule has 0 aliphatic rings. The van der Waals surface area contributed by atoms with E-state index in [0.29, 0.717) is 0 Å². The monoisotopic (exact) mass is 498 g/mol. The van der Waals surface area contributed by atoms with Gasteiger partial charge in [-0.25, -0.2) is 0 Å². The van der Waals surface area contributed by atoms with Gasteiger partial charge in [-0.05, 0) is 86.1 Å². The third-order valence-electron chi connectivity index (χ3n) is 8.32. The van der Waals surface area contributed by atoms with Crippen LogP contribution in [-0.4, -0.2) is 0 Å². The molecular weight excluding hydrogens is 472 g/mol. The van der Waals surface area contributed by atoms with E-state index in [-0.39, 0.29) is 0 Å². The molecule has 39 heavy (non-hydrogen) atoms. The molecule has 1 heterocycles. The fourth-order valence-electron chi connectivity index (χ4n) is 6.46. The zero-order valence-corrected chi connectivity index (χ0v) is 22.0. The highest BCUT2D eigenvalue weighted by molar-refractivity contribution is 6.26. The maximum atomic E-state index is 6.34. The quantitative estimate of drug-likeness (QED) is 0.216. The lowest BCUT2D eigenvalue weighted by molar-refractivity contribution is 0.670. The summed E-state index contributed by atoms with van der Waals surface area (Å²) in [5, 5.41) is 10.2. The van der Waals surface area contributed by atoms with Crippen LogP contribution in [-0.2, 0) is 0 Å². The van der Waals surface area contributed by atoms with Gasteiger partial charge in [0.25, 0.3) is 0 Å². The zero-order valence-electron chi connectivity index (χ0n) is 22.0. The Morgan fingerprint density at radius 2 is 0.949 bits per heavy atom. The minimum atomic E-state index is 0.930. The third kappa shape index (κ3) is 3.26. The van der Waals surface area contributed by atoms with Gasteiger partial charge in [0.1, 0.15) is 11.2 Å². The molecule has 0 fully saturated rings. The molecule has 0 radical (unpaired) electrons. The van der Waals surface area contributed by atoms with Crippen molar-refractivity contribution in [2.45, 2.75) is 13.8 Å². The van der Waals surface area contributed by atoms with Crippen LogP contribution in [0.15, 0.2) is 126 Å². The van der Waals surface area contributed by atoms with E-state index in [2.05, 4.69) is 123 Å². The zero-order chi connectivity index (χ0) is 26.1. The molecule has 0 unspecified atom stereocenters. The summed E-state index contributed by atoms with van der Waals surface area (Å²) in [5.74, 6) is 0. The standard InChI is InChI=1S/C38H26O/c1-23-20-25(27-15-9-16-33-32-14-7-8-17-37(32)39-38(27)33)18-19-26(23)34-22-36-31-13-6-4-11-29(31)28-10-3-5-12-30(28)35(36)21-24(34)2/h3-22H,1-2H3. The van der Waals surface area contributed by atoms with Crippen molar-refractivity contribution in [3.05, 3.63) is 132 Å². The highest BCUT2D eigenvalue weighted by atomic mass is 16.3. The summed E-state index contributed by atoms with van der Waals surface area (Å²) in [4.78, 5) is 0. The predicted molar refractivity (Wildman–Crippen MR) is 167 cm³/mol. The molecule has 184 valence electrons. The summed E-state index contributed by atoms with van der Waals surface area (Å²) in [6.45, 7) is 4.46. The van der Waals surface area contributed by atoms with E-state index in [1.165, 1.54) is 60.1 Å². The Labute approximate surface area is 226 Å². The number of hydrogen-bond donors (Lipinski definition) is 0. The van der Waals surface area contributed by atoms with Crippen molar-refractivity contribution in [3.63, 3.8) is 0 Å². The van der Waals surface area contributed by atoms with Crippen LogP contribution in [0.2, 0.25) is 0 Å². The van der Waals surface area contributed by atoms with Gasteiger partial charge in [-0.3, -0.25) is 0 Å². The minimum absolute atomic E-state index is 0.930. The van der Waals surface area contributed by atoms with Crippen LogP contribution in [0.1, 0.15) is 11.1 Å². The molecule has 0 aliphatic heterocycles. The normalized spacial score (nSPS) is 11.8.